The van der Waals surface area contributed by atoms with Crippen LogP contribution in [0.2, 0.25) is 0 Å². The second-order valence-corrected chi connectivity index (χ2v) is 9.27. The largest absolute Gasteiger partial charge is 0.497 e. The Bertz CT molecular complexity index is 970. The van der Waals surface area contributed by atoms with Crippen molar-refractivity contribution in [3.8, 4) is 5.75 Å². The molecule has 1 fully saturated rings. The normalized spacial score (nSPS) is 14.5. The molecule has 0 unspecified atom stereocenters. The zero-order chi connectivity index (χ0) is 20.9. The number of hydrogen-bond acceptors (Lipinski definition) is 7. The van der Waals surface area contributed by atoms with Gasteiger partial charge in [-0.05, 0) is 49.2 Å². The quantitative estimate of drug-likeness (QED) is 0.663. The zero-order valence-electron chi connectivity index (χ0n) is 15.8. The highest BCUT2D eigenvalue weighted by molar-refractivity contribution is 7.99. The van der Waals surface area contributed by atoms with Gasteiger partial charge < -0.3 is 4.74 Å². The number of rotatable bonds is 7. The van der Waals surface area contributed by atoms with Crippen molar-refractivity contribution in [2.24, 2.45) is 0 Å². The fourth-order valence-electron chi connectivity index (χ4n) is 2.80. The van der Waals surface area contributed by atoms with Gasteiger partial charge in [0, 0.05) is 24.8 Å². The number of methoxy groups -OCH3 is 1. The molecule has 2 amide bonds. The summed E-state index contributed by atoms with van der Waals surface area (Å²) in [5, 5.41) is 2.80. The van der Waals surface area contributed by atoms with Crippen LogP contribution in [0, 0.1) is 0 Å². The van der Waals surface area contributed by atoms with E-state index in [-0.39, 0.29) is 10.6 Å². The van der Waals surface area contributed by atoms with Crippen LogP contribution < -0.4 is 10.1 Å². The topological polar surface area (TPSA) is 106 Å². The number of imide groups is 1. The van der Waals surface area contributed by atoms with E-state index in [0.29, 0.717) is 29.4 Å². The number of carbonyl (C=O) groups is 2. The second kappa shape index (κ2) is 9.38. The van der Waals surface area contributed by atoms with Crippen LogP contribution in [-0.4, -0.2) is 55.5 Å². The van der Waals surface area contributed by atoms with Crippen LogP contribution in [-0.2, 0) is 14.8 Å². The van der Waals surface area contributed by atoms with E-state index in [2.05, 4.69) is 10.3 Å². The van der Waals surface area contributed by atoms with Crippen molar-refractivity contribution in [1.29, 1.82) is 0 Å². The first kappa shape index (κ1) is 21.3. The molecule has 0 radical (unpaired) electrons. The van der Waals surface area contributed by atoms with Gasteiger partial charge in [-0.25, -0.2) is 13.4 Å². The molecule has 1 saturated heterocycles. The number of thioether (sulfide) groups is 1. The standard InChI is InChI=1S/C19H21N3O5S2/c1-27-15-6-4-14(5-7-15)19(24)21-17(23)13-28-18-9-8-16(12-20-18)29(25,26)22-10-2-3-11-22/h4-9,12H,2-3,10-11,13H2,1H3,(H,21,23,24). The lowest BCUT2D eigenvalue weighted by molar-refractivity contribution is -0.117. The number of ether oxygens (including phenoxy) is 1. The molecule has 0 aliphatic carbocycles. The molecule has 2 heterocycles. The number of benzene rings is 1. The lowest BCUT2D eigenvalue weighted by Crippen LogP contribution is -2.31. The fourth-order valence-corrected chi connectivity index (χ4v) is 4.90. The Kier molecular flexibility index (Phi) is 6.88. The lowest BCUT2D eigenvalue weighted by Gasteiger charge is -2.15. The number of amides is 2. The van der Waals surface area contributed by atoms with Gasteiger partial charge in [0.25, 0.3) is 5.91 Å². The van der Waals surface area contributed by atoms with Crippen LogP contribution in [0.1, 0.15) is 23.2 Å². The Morgan fingerprint density at radius 2 is 1.83 bits per heavy atom. The summed E-state index contributed by atoms with van der Waals surface area (Å²) in [7, 11) is -1.98. The van der Waals surface area contributed by atoms with E-state index in [1.165, 1.54) is 23.7 Å². The second-order valence-electron chi connectivity index (χ2n) is 6.34. The lowest BCUT2D eigenvalue weighted by atomic mass is 10.2. The molecule has 2 aromatic rings. The molecule has 0 atom stereocenters. The summed E-state index contributed by atoms with van der Waals surface area (Å²) in [5.74, 6) is -0.373. The molecule has 1 aliphatic heterocycles. The monoisotopic (exact) mass is 435 g/mol. The SMILES string of the molecule is COc1ccc(C(=O)NC(=O)CSc2ccc(S(=O)(=O)N3CCCC3)cn2)cc1. The number of carbonyl (C=O) groups excluding carboxylic acids is 2. The highest BCUT2D eigenvalue weighted by Crippen LogP contribution is 2.22. The minimum absolute atomic E-state index is 0.0207. The van der Waals surface area contributed by atoms with Crippen LogP contribution >= 0.6 is 11.8 Å². The summed E-state index contributed by atoms with van der Waals surface area (Å²) in [5.41, 5.74) is 0.346. The summed E-state index contributed by atoms with van der Waals surface area (Å²) in [6.07, 6.45) is 3.03. The van der Waals surface area contributed by atoms with Gasteiger partial charge in [-0.1, -0.05) is 11.8 Å². The van der Waals surface area contributed by atoms with Crippen LogP contribution in [0.4, 0.5) is 0 Å². The number of sulfonamides is 1. The third-order valence-corrected chi connectivity index (χ3v) is 7.19. The number of aromatic nitrogens is 1. The zero-order valence-corrected chi connectivity index (χ0v) is 17.5. The van der Waals surface area contributed by atoms with Crippen LogP contribution in [0.3, 0.4) is 0 Å². The average Bonchev–Trinajstić information content (AvgIpc) is 3.28. The fraction of sp³-hybridized carbons (Fsp3) is 0.316. The number of nitrogens with one attached hydrogen (secondary N) is 1. The maximum Gasteiger partial charge on any atom is 0.257 e. The van der Waals surface area contributed by atoms with Gasteiger partial charge in [-0.15, -0.1) is 0 Å². The molecule has 0 bridgehead atoms. The summed E-state index contributed by atoms with van der Waals surface area (Å²) in [4.78, 5) is 28.4. The van der Waals surface area contributed by atoms with Crippen molar-refractivity contribution in [2.75, 3.05) is 26.0 Å². The summed E-state index contributed by atoms with van der Waals surface area (Å²) in [6, 6.07) is 9.45. The number of hydrogen-bond donors (Lipinski definition) is 1. The van der Waals surface area contributed by atoms with Gasteiger partial charge >= 0.3 is 0 Å². The van der Waals surface area contributed by atoms with Gasteiger partial charge in [-0.3, -0.25) is 14.9 Å². The van der Waals surface area contributed by atoms with Crippen molar-refractivity contribution in [2.45, 2.75) is 22.8 Å². The first-order valence-electron chi connectivity index (χ1n) is 8.97. The van der Waals surface area contributed by atoms with Gasteiger partial charge in [0.1, 0.15) is 10.6 Å². The summed E-state index contributed by atoms with van der Waals surface area (Å²) in [6.45, 7) is 1.06. The third kappa shape index (κ3) is 5.34. The van der Waals surface area contributed by atoms with Crippen LogP contribution in [0.15, 0.2) is 52.5 Å². The molecule has 1 aromatic carbocycles. The van der Waals surface area contributed by atoms with E-state index in [9.17, 15) is 18.0 Å². The Balaban J connectivity index is 1.52. The van der Waals surface area contributed by atoms with Crippen molar-refractivity contribution >= 4 is 33.6 Å². The first-order chi connectivity index (χ1) is 13.9. The van der Waals surface area contributed by atoms with E-state index >= 15 is 0 Å². The minimum atomic E-state index is -3.51. The third-order valence-electron chi connectivity index (χ3n) is 4.37. The molecular formula is C19H21N3O5S2. The molecule has 10 heteroatoms. The van der Waals surface area contributed by atoms with E-state index in [1.54, 1.807) is 30.3 Å². The van der Waals surface area contributed by atoms with Gasteiger partial charge in [0.15, 0.2) is 0 Å². The minimum Gasteiger partial charge on any atom is -0.497 e. The predicted molar refractivity (Wildman–Crippen MR) is 108 cm³/mol. The highest BCUT2D eigenvalue weighted by atomic mass is 32.2. The molecule has 29 heavy (non-hydrogen) atoms. The van der Waals surface area contributed by atoms with E-state index in [1.807, 2.05) is 0 Å². The molecule has 3 rings (SSSR count). The van der Waals surface area contributed by atoms with E-state index in [0.717, 1.165) is 24.6 Å². The van der Waals surface area contributed by atoms with Crippen molar-refractivity contribution < 1.29 is 22.7 Å². The van der Waals surface area contributed by atoms with Gasteiger partial charge in [0.2, 0.25) is 15.9 Å². The van der Waals surface area contributed by atoms with E-state index < -0.39 is 21.8 Å². The van der Waals surface area contributed by atoms with E-state index in [4.69, 9.17) is 4.74 Å². The smallest absolute Gasteiger partial charge is 0.257 e. The van der Waals surface area contributed by atoms with Crippen molar-refractivity contribution in [3.05, 3.63) is 48.2 Å². The van der Waals surface area contributed by atoms with Gasteiger partial charge in [0.05, 0.1) is 17.9 Å². The molecule has 154 valence electrons. The van der Waals surface area contributed by atoms with Crippen LogP contribution in [0.5, 0.6) is 5.75 Å². The molecule has 1 N–H and O–H groups in total. The molecule has 1 aromatic heterocycles. The predicted octanol–water partition coefficient (Wildman–Crippen LogP) is 1.92. The summed E-state index contributed by atoms with van der Waals surface area (Å²) < 4.78 is 31.4. The Morgan fingerprint density at radius 1 is 1.14 bits per heavy atom. The molecule has 1 aliphatic rings. The highest BCUT2D eigenvalue weighted by Gasteiger charge is 2.27. The first-order valence-corrected chi connectivity index (χ1v) is 11.4. The number of pyridine rings is 1. The Labute approximate surface area is 173 Å². The van der Waals surface area contributed by atoms with Crippen LogP contribution in [0.25, 0.3) is 0 Å². The number of nitrogens with zero attached hydrogens (tertiary/aromatic N) is 2. The Hall–Kier alpha value is -2.43. The Morgan fingerprint density at radius 3 is 2.41 bits per heavy atom. The van der Waals surface area contributed by atoms with Crippen molar-refractivity contribution in [1.82, 2.24) is 14.6 Å². The molecule has 0 spiro atoms. The van der Waals surface area contributed by atoms with Crippen molar-refractivity contribution in [3.63, 3.8) is 0 Å². The summed E-state index contributed by atoms with van der Waals surface area (Å²) >= 11 is 1.12. The maximum absolute atomic E-state index is 12.5. The maximum atomic E-state index is 12.5. The molecule has 0 saturated carbocycles. The molecular weight excluding hydrogens is 414 g/mol. The van der Waals surface area contributed by atoms with Gasteiger partial charge in [-0.2, -0.15) is 4.31 Å². The molecule has 8 nitrogen and oxygen atoms in total. The average molecular weight is 436 g/mol.